The molecule has 3 fully saturated rings. The Morgan fingerprint density at radius 3 is 2.65 bits per heavy atom. The number of rotatable bonds is 11. The molecule has 1 saturated carbocycles. The highest BCUT2D eigenvalue weighted by Crippen LogP contribution is 2.54. The van der Waals surface area contributed by atoms with Crippen molar-refractivity contribution in [1.82, 2.24) is 19.6 Å². The van der Waals surface area contributed by atoms with E-state index in [9.17, 15) is 14.9 Å². The molecule has 4 heterocycles. The van der Waals surface area contributed by atoms with Crippen LogP contribution < -0.4 is 19.7 Å². The number of halogens is 1. The van der Waals surface area contributed by atoms with Gasteiger partial charge in [-0.3, -0.25) is 24.5 Å². The maximum absolute atomic E-state index is 16.1. The van der Waals surface area contributed by atoms with Crippen LogP contribution >= 0.6 is 11.9 Å². The van der Waals surface area contributed by atoms with E-state index >= 15 is 4.39 Å². The van der Waals surface area contributed by atoms with Gasteiger partial charge in [-0.25, -0.2) is 9.37 Å². The van der Waals surface area contributed by atoms with Crippen molar-refractivity contribution in [3.8, 4) is 11.5 Å². The number of nitro groups is 1. The minimum Gasteiger partial charge on any atom is -0.455 e. The lowest BCUT2D eigenvalue weighted by Crippen LogP contribution is -2.55. The summed E-state index contributed by atoms with van der Waals surface area (Å²) in [7, 11) is 1.60. The molecule has 0 radical (unpaired) electrons. The number of H-pyrrole nitrogens is 1. The Bertz CT molecular complexity index is 2230. The molecule has 2 aromatic heterocycles. The largest absolute Gasteiger partial charge is 0.455 e. The molecule has 8 rings (SSSR count). The van der Waals surface area contributed by atoms with Crippen LogP contribution in [-0.2, 0) is 0 Å². The molecule has 13 heteroatoms. The van der Waals surface area contributed by atoms with Gasteiger partial charge in [-0.1, -0.05) is 38.1 Å². The quantitative estimate of drug-likeness (QED) is 0.0685. The molecule has 2 saturated heterocycles. The molecule has 1 atom stereocenters. The Labute approximate surface area is 324 Å². The summed E-state index contributed by atoms with van der Waals surface area (Å²) in [6.45, 7) is 7.13. The summed E-state index contributed by atoms with van der Waals surface area (Å²) < 4.78 is 25.1. The first kappa shape index (κ1) is 36.8. The fourth-order valence-electron chi connectivity index (χ4n) is 8.95. The second-order valence-corrected chi connectivity index (χ2v) is 16.3. The zero-order valence-corrected chi connectivity index (χ0v) is 32.1. The SMILES string of the molecule is CNc1ccc(SNC(=O)c2cc(F)c(N3CCC4(CC3)CC(N3CCCC3c3ccccc3C(C)C)C4)cc2Oc2cnc3[nH]ccc3c2)cc1[N+](=O)[O-]. The summed E-state index contributed by atoms with van der Waals surface area (Å²) in [4.78, 5) is 37.5. The zero-order valence-electron chi connectivity index (χ0n) is 31.3. The van der Waals surface area contributed by atoms with Crippen molar-refractivity contribution in [2.75, 3.05) is 36.9 Å². The molecule has 11 nitrogen and oxygen atoms in total. The van der Waals surface area contributed by atoms with Crippen molar-refractivity contribution in [3.05, 3.63) is 112 Å². The number of fused-ring (bicyclic) bond motifs is 1. The fourth-order valence-corrected chi connectivity index (χ4v) is 9.58. The third kappa shape index (κ3) is 7.35. The maximum Gasteiger partial charge on any atom is 0.293 e. The van der Waals surface area contributed by atoms with Crippen LogP contribution in [0.15, 0.2) is 84.0 Å². The van der Waals surface area contributed by atoms with Gasteiger partial charge in [0, 0.05) is 60.8 Å². The van der Waals surface area contributed by atoms with Crippen LogP contribution in [0.2, 0.25) is 0 Å². The summed E-state index contributed by atoms with van der Waals surface area (Å²) >= 11 is 0.909. The van der Waals surface area contributed by atoms with E-state index in [1.165, 1.54) is 48.9 Å². The van der Waals surface area contributed by atoms with E-state index in [1.54, 1.807) is 37.6 Å². The molecule has 1 aliphatic carbocycles. The molecule has 1 unspecified atom stereocenters. The maximum atomic E-state index is 16.1. The number of nitrogens with zero attached hydrogens (tertiary/aromatic N) is 4. The second kappa shape index (κ2) is 15.2. The van der Waals surface area contributed by atoms with Crippen molar-refractivity contribution < 1.29 is 18.8 Å². The van der Waals surface area contributed by atoms with Crippen molar-refractivity contribution in [2.24, 2.45) is 5.41 Å². The molecule has 55 heavy (non-hydrogen) atoms. The van der Waals surface area contributed by atoms with Crippen LogP contribution in [0.4, 0.5) is 21.5 Å². The summed E-state index contributed by atoms with van der Waals surface area (Å²) in [5.41, 5.74) is 4.53. The van der Waals surface area contributed by atoms with E-state index in [0.717, 1.165) is 36.7 Å². The Balaban J connectivity index is 0.984. The van der Waals surface area contributed by atoms with Gasteiger partial charge in [0.15, 0.2) is 0 Å². The van der Waals surface area contributed by atoms with Gasteiger partial charge >= 0.3 is 0 Å². The molecule has 3 N–H and O–H groups in total. The van der Waals surface area contributed by atoms with E-state index in [1.807, 2.05) is 12.1 Å². The van der Waals surface area contributed by atoms with E-state index in [4.69, 9.17) is 4.74 Å². The monoisotopic (exact) mass is 763 g/mol. The molecule has 286 valence electrons. The van der Waals surface area contributed by atoms with E-state index in [2.05, 4.69) is 67.9 Å². The van der Waals surface area contributed by atoms with Gasteiger partial charge in [0.25, 0.3) is 11.6 Å². The van der Waals surface area contributed by atoms with Crippen molar-refractivity contribution in [3.63, 3.8) is 0 Å². The van der Waals surface area contributed by atoms with Gasteiger partial charge in [-0.15, -0.1) is 0 Å². The molecular formula is C42H46FN7O4S. The normalized spacial score (nSPS) is 18.5. The molecule has 3 aromatic carbocycles. The van der Waals surface area contributed by atoms with Crippen LogP contribution in [-0.4, -0.2) is 58.4 Å². The number of ether oxygens (including phenoxy) is 1. The number of aromatic nitrogens is 2. The highest BCUT2D eigenvalue weighted by atomic mass is 32.2. The number of nitro benzene ring substituents is 1. The summed E-state index contributed by atoms with van der Waals surface area (Å²) in [5, 5.41) is 15.2. The van der Waals surface area contributed by atoms with E-state index in [0.29, 0.717) is 58.8 Å². The third-order valence-corrected chi connectivity index (χ3v) is 12.6. The van der Waals surface area contributed by atoms with Crippen LogP contribution in [0.25, 0.3) is 11.0 Å². The first-order valence-corrected chi connectivity index (χ1v) is 19.9. The number of piperidine rings is 1. The number of hydrogen-bond donors (Lipinski definition) is 3. The average molecular weight is 764 g/mol. The number of carbonyl (C=O) groups excluding carboxylic acids is 1. The minimum absolute atomic E-state index is 0.00113. The summed E-state index contributed by atoms with van der Waals surface area (Å²) in [5.74, 6) is -0.0263. The van der Waals surface area contributed by atoms with Crippen molar-refractivity contribution in [2.45, 2.75) is 75.3 Å². The molecule has 5 aromatic rings. The number of hydrogen-bond acceptors (Lipinski definition) is 9. The molecule has 2 aliphatic heterocycles. The zero-order chi connectivity index (χ0) is 38.3. The molecule has 3 aliphatic rings. The standard InChI is InChI=1S/C42H46FN7O4S/c1-26(2)31-7-4-5-8-32(31)36-9-6-16-49(36)28-23-42(24-28)13-17-48(18-14-42)37-22-39(54-29-19-27-12-15-45-40(27)46-25-29)33(21-34(37)43)41(51)47-55-30-10-11-35(44-3)38(20-30)50(52)53/h4-5,7-8,10-12,15,19-22,25-26,28,36,44H,6,9,13-14,16-18,23-24H2,1-3H3,(H,45,46)(H,47,51). The number of nitrogens with one attached hydrogen (secondary N) is 3. The van der Waals surface area contributed by atoms with Crippen LogP contribution in [0.3, 0.4) is 0 Å². The summed E-state index contributed by atoms with van der Waals surface area (Å²) in [6.07, 6.45) is 10.1. The Hall–Kier alpha value is -5.14. The molecule has 1 amide bonds. The van der Waals surface area contributed by atoms with Gasteiger partial charge in [0.1, 0.15) is 28.7 Å². The first-order chi connectivity index (χ1) is 26.6. The Morgan fingerprint density at radius 2 is 1.89 bits per heavy atom. The number of carbonyl (C=O) groups is 1. The van der Waals surface area contributed by atoms with Crippen LogP contribution in [0.5, 0.6) is 11.5 Å². The Morgan fingerprint density at radius 1 is 1.09 bits per heavy atom. The highest BCUT2D eigenvalue weighted by Gasteiger charge is 2.50. The number of amides is 1. The smallest absolute Gasteiger partial charge is 0.293 e. The number of pyridine rings is 1. The Kier molecular flexibility index (Phi) is 10.2. The van der Waals surface area contributed by atoms with Crippen molar-refractivity contribution in [1.29, 1.82) is 0 Å². The lowest BCUT2D eigenvalue weighted by atomic mass is 9.59. The van der Waals surface area contributed by atoms with Crippen molar-refractivity contribution >= 4 is 46.0 Å². The van der Waals surface area contributed by atoms with Gasteiger partial charge in [-0.05, 0) is 110 Å². The number of benzene rings is 3. The predicted octanol–water partition coefficient (Wildman–Crippen LogP) is 9.59. The lowest BCUT2D eigenvalue weighted by molar-refractivity contribution is -0.384. The average Bonchev–Trinajstić information content (AvgIpc) is 3.86. The molecule has 0 bridgehead atoms. The minimum atomic E-state index is -0.601. The van der Waals surface area contributed by atoms with E-state index < -0.39 is 16.6 Å². The van der Waals surface area contributed by atoms with Crippen LogP contribution in [0.1, 0.15) is 85.8 Å². The lowest BCUT2D eigenvalue weighted by Gasteiger charge is -2.56. The number of likely N-dealkylation sites (tertiary alicyclic amines) is 1. The topological polar surface area (TPSA) is 129 Å². The van der Waals surface area contributed by atoms with Gasteiger partial charge in [-0.2, -0.15) is 0 Å². The molecule has 1 spiro atoms. The van der Waals surface area contributed by atoms with E-state index in [-0.39, 0.29) is 22.4 Å². The van der Waals surface area contributed by atoms with Gasteiger partial charge in [0.05, 0.1) is 22.4 Å². The van der Waals surface area contributed by atoms with Gasteiger partial charge in [0.2, 0.25) is 0 Å². The molecular weight excluding hydrogens is 718 g/mol. The number of anilines is 2. The first-order valence-electron chi connectivity index (χ1n) is 19.1. The second-order valence-electron chi connectivity index (χ2n) is 15.4. The fraction of sp³-hybridized carbons (Fsp3) is 0.381. The van der Waals surface area contributed by atoms with Gasteiger partial charge < -0.3 is 19.9 Å². The van der Waals surface area contributed by atoms with Crippen LogP contribution in [0, 0.1) is 21.3 Å². The third-order valence-electron chi connectivity index (χ3n) is 11.8. The predicted molar refractivity (Wildman–Crippen MR) is 215 cm³/mol. The summed E-state index contributed by atoms with van der Waals surface area (Å²) in [6, 6.07) is 21.1. The number of aromatic amines is 1. The highest BCUT2D eigenvalue weighted by molar-refractivity contribution is 7.98.